The van der Waals surface area contributed by atoms with E-state index in [2.05, 4.69) is 50.1 Å². The first kappa shape index (κ1) is 18.9. The summed E-state index contributed by atoms with van der Waals surface area (Å²) in [5.74, 6) is 0. The summed E-state index contributed by atoms with van der Waals surface area (Å²) in [6, 6.07) is 0. The Hall–Kier alpha value is -0.160. The average molecular weight is 300 g/mol. The number of nitrogens with zero attached hydrogens (tertiary/aromatic N) is 2. The highest BCUT2D eigenvalue weighted by molar-refractivity contribution is 4.97. The van der Waals surface area contributed by atoms with Crippen molar-refractivity contribution in [3.8, 4) is 0 Å². The number of aliphatic hydroxyl groups is 1. The third-order valence-corrected chi connectivity index (χ3v) is 5.22. The zero-order valence-electron chi connectivity index (χ0n) is 14.9. The summed E-state index contributed by atoms with van der Waals surface area (Å²) < 4.78 is 0. The van der Waals surface area contributed by atoms with Crippen LogP contribution in [0.2, 0.25) is 0 Å². The first-order chi connectivity index (χ1) is 9.87. The lowest BCUT2D eigenvalue weighted by molar-refractivity contribution is 0.0267. The normalized spacial score (nSPS) is 20.6. The summed E-state index contributed by atoms with van der Waals surface area (Å²) in [6.07, 6.45) is 7.31. The Morgan fingerprint density at radius 3 is 2.33 bits per heavy atom. The summed E-state index contributed by atoms with van der Waals surface area (Å²) in [5, 5.41) is 13.1. The van der Waals surface area contributed by atoms with Gasteiger partial charge in [-0.2, -0.15) is 0 Å². The summed E-state index contributed by atoms with van der Waals surface area (Å²) in [4.78, 5) is 4.88. The molecule has 126 valence electrons. The molecule has 1 atom stereocenters. The van der Waals surface area contributed by atoms with Crippen LogP contribution in [0.25, 0.3) is 0 Å². The SMILES string of the molecule is CCCNC(C)(CO)CCCN(C)CC1(N(C)C)CCC1. The van der Waals surface area contributed by atoms with Crippen molar-refractivity contribution < 1.29 is 5.11 Å². The Morgan fingerprint density at radius 2 is 1.90 bits per heavy atom. The van der Waals surface area contributed by atoms with Gasteiger partial charge < -0.3 is 20.2 Å². The van der Waals surface area contributed by atoms with Crippen molar-refractivity contribution in [2.45, 2.75) is 63.5 Å². The maximum absolute atomic E-state index is 9.60. The van der Waals surface area contributed by atoms with Gasteiger partial charge in [-0.05, 0) is 79.7 Å². The molecule has 0 aromatic heterocycles. The van der Waals surface area contributed by atoms with Crippen LogP contribution < -0.4 is 5.32 Å². The molecule has 1 saturated carbocycles. The Balaban J connectivity index is 2.30. The van der Waals surface area contributed by atoms with Crippen molar-refractivity contribution in [2.75, 3.05) is 47.4 Å². The molecule has 1 aliphatic carbocycles. The molecule has 0 spiro atoms. The van der Waals surface area contributed by atoms with Gasteiger partial charge in [-0.1, -0.05) is 6.92 Å². The van der Waals surface area contributed by atoms with Crippen molar-refractivity contribution >= 4 is 0 Å². The maximum atomic E-state index is 9.60. The molecule has 0 aliphatic heterocycles. The maximum Gasteiger partial charge on any atom is 0.0610 e. The van der Waals surface area contributed by atoms with Gasteiger partial charge in [-0.25, -0.2) is 0 Å². The van der Waals surface area contributed by atoms with Gasteiger partial charge in [0.15, 0.2) is 0 Å². The predicted molar refractivity (Wildman–Crippen MR) is 90.8 cm³/mol. The molecule has 4 nitrogen and oxygen atoms in total. The van der Waals surface area contributed by atoms with Gasteiger partial charge in [-0.15, -0.1) is 0 Å². The van der Waals surface area contributed by atoms with E-state index >= 15 is 0 Å². The highest BCUT2D eigenvalue weighted by Crippen LogP contribution is 2.36. The Labute approximate surface area is 131 Å². The minimum absolute atomic E-state index is 0.118. The highest BCUT2D eigenvalue weighted by atomic mass is 16.3. The number of nitrogens with one attached hydrogen (secondary N) is 1. The zero-order chi connectivity index (χ0) is 15.9. The van der Waals surface area contributed by atoms with E-state index in [0.717, 1.165) is 38.9 Å². The van der Waals surface area contributed by atoms with Gasteiger partial charge in [0.2, 0.25) is 0 Å². The molecule has 2 N–H and O–H groups in total. The molecule has 0 amide bonds. The molecular formula is C17H37N3O. The van der Waals surface area contributed by atoms with Crippen molar-refractivity contribution in [1.82, 2.24) is 15.1 Å². The smallest absolute Gasteiger partial charge is 0.0610 e. The second kappa shape index (κ2) is 8.47. The minimum Gasteiger partial charge on any atom is -0.394 e. The number of aliphatic hydroxyl groups excluding tert-OH is 1. The Bertz CT molecular complexity index is 292. The van der Waals surface area contributed by atoms with Gasteiger partial charge in [0, 0.05) is 17.6 Å². The zero-order valence-corrected chi connectivity index (χ0v) is 14.9. The van der Waals surface area contributed by atoms with Crippen molar-refractivity contribution in [3.05, 3.63) is 0 Å². The van der Waals surface area contributed by atoms with E-state index in [1.807, 2.05) is 0 Å². The van der Waals surface area contributed by atoms with E-state index < -0.39 is 0 Å². The first-order valence-corrected chi connectivity index (χ1v) is 8.59. The monoisotopic (exact) mass is 299 g/mol. The molecule has 0 heterocycles. The van der Waals surface area contributed by atoms with Crippen LogP contribution in [-0.4, -0.2) is 73.4 Å². The fraction of sp³-hybridized carbons (Fsp3) is 1.00. The van der Waals surface area contributed by atoms with Crippen LogP contribution in [0.3, 0.4) is 0 Å². The van der Waals surface area contributed by atoms with Gasteiger partial charge in [-0.3, -0.25) is 0 Å². The average Bonchev–Trinajstić information content (AvgIpc) is 2.40. The summed E-state index contributed by atoms with van der Waals surface area (Å²) in [6.45, 7) is 7.78. The molecule has 0 aromatic rings. The predicted octanol–water partition coefficient (Wildman–Crippen LogP) is 1.93. The van der Waals surface area contributed by atoms with E-state index in [1.165, 1.54) is 19.3 Å². The Morgan fingerprint density at radius 1 is 1.24 bits per heavy atom. The number of hydrogen-bond donors (Lipinski definition) is 2. The fourth-order valence-electron chi connectivity index (χ4n) is 3.30. The molecule has 0 saturated heterocycles. The molecule has 21 heavy (non-hydrogen) atoms. The lowest BCUT2D eigenvalue weighted by atomic mass is 9.75. The largest absolute Gasteiger partial charge is 0.394 e. The fourth-order valence-corrected chi connectivity index (χ4v) is 3.30. The molecule has 4 heteroatoms. The summed E-state index contributed by atoms with van der Waals surface area (Å²) in [5.41, 5.74) is 0.294. The third kappa shape index (κ3) is 5.51. The quantitative estimate of drug-likeness (QED) is 0.611. The number of likely N-dealkylation sites (N-methyl/N-ethyl adjacent to an activating group) is 2. The molecule has 0 bridgehead atoms. The summed E-state index contributed by atoms with van der Waals surface area (Å²) in [7, 11) is 6.66. The molecule has 1 fully saturated rings. The lowest BCUT2D eigenvalue weighted by Gasteiger charge is -2.49. The number of hydrogen-bond acceptors (Lipinski definition) is 4. The Kier molecular flexibility index (Phi) is 7.62. The topological polar surface area (TPSA) is 38.7 Å². The van der Waals surface area contributed by atoms with Crippen LogP contribution in [0.5, 0.6) is 0 Å². The van der Waals surface area contributed by atoms with Crippen molar-refractivity contribution in [3.63, 3.8) is 0 Å². The van der Waals surface area contributed by atoms with Crippen LogP contribution in [0.15, 0.2) is 0 Å². The third-order valence-electron chi connectivity index (χ3n) is 5.22. The van der Waals surface area contributed by atoms with Crippen LogP contribution in [-0.2, 0) is 0 Å². The van der Waals surface area contributed by atoms with Crippen LogP contribution in [0.1, 0.15) is 52.4 Å². The van der Waals surface area contributed by atoms with Gasteiger partial charge in [0.1, 0.15) is 0 Å². The highest BCUT2D eigenvalue weighted by Gasteiger charge is 2.39. The second-order valence-corrected chi connectivity index (χ2v) is 7.46. The van der Waals surface area contributed by atoms with Gasteiger partial charge >= 0.3 is 0 Å². The van der Waals surface area contributed by atoms with Gasteiger partial charge in [0.25, 0.3) is 0 Å². The van der Waals surface area contributed by atoms with Gasteiger partial charge in [0.05, 0.1) is 6.61 Å². The van der Waals surface area contributed by atoms with E-state index in [-0.39, 0.29) is 12.1 Å². The van der Waals surface area contributed by atoms with Crippen molar-refractivity contribution in [1.29, 1.82) is 0 Å². The van der Waals surface area contributed by atoms with E-state index in [0.29, 0.717) is 5.54 Å². The molecule has 1 rings (SSSR count). The first-order valence-electron chi connectivity index (χ1n) is 8.59. The van der Waals surface area contributed by atoms with E-state index in [1.54, 1.807) is 0 Å². The second-order valence-electron chi connectivity index (χ2n) is 7.46. The van der Waals surface area contributed by atoms with E-state index in [4.69, 9.17) is 0 Å². The minimum atomic E-state index is -0.118. The van der Waals surface area contributed by atoms with Crippen LogP contribution in [0.4, 0.5) is 0 Å². The van der Waals surface area contributed by atoms with Crippen molar-refractivity contribution in [2.24, 2.45) is 0 Å². The molecule has 1 aliphatic rings. The van der Waals surface area contributed by atoms with E-state index in [9.17, 15) is 5.11 Å². The van der Waals surface area contributed by atoms with Crippen LogP contribution >= 0.6 is 0 Å². The lowest BCUT2D eigenvalue weighted by Crippen LogP contribution is -2.56. The molecule has 0 aromatic carbocycles. The molecule has 0 radical (unpaired) electrons. The summed E-state index contributed by atoms with van der Waals surface area (Å²) >= 11 is 0. The molecular weight excluding hydrogens is 262 g/mol. The standard InChI is InChI=1S/C17H37N3O/c1-6-12-18-16(2,15-21)9-8-13-20(5)14-17(19(3)4)10-7-11-17/h18,21H,6-15H2,1-5H3. The molecule has 1 unspecified atom stereocenters. The number of rotatable bonds is 11. The van der Waals surface area contributed by atoms with Crippen LogP contribution in [0, 0.1) is 0 Å².